The zero-order chi connectivity index (χ0) is 6.15. The third-order valence-electron chi connectivity index (χ3n) is 1.09. The van der Waals surface area contributed by atoms with Crippen molar-refractivity contribution in [3.63, 3.8) is 0 Å². The van der Waals surface area contributed by atoms with Crippen LogP contribution < -0.4 is 0 Å². The highest BCUT2D eigenvalue weighted by atomic mass is 16.7. The second-order valence-corrected chi connectivity index (χ2v) is 1.64. The Labute approximate surface area is 46.6 Å². The van der Waals surface area contributed by atoms with E-state index in [4.69, 9.17) is 5.11 Å². The van der Waals surface area contributed by atoms with E-state index in [1.165, 1.54) is 12.2 Å². The molecular weight excluding hydrogens is 110 g/mol. The standard InChI is InChI=1S/C4H7NO3/c1-8-5-2-3(5)4(6)7/h3H,2H2,1H3,(H,6,7). The zero-order valence-electron chi connectivity index (χ0n) is 4.50. The van der Waals surface area contributed by atoms with Gasteiger partial charge >= 0.3 is 5.97 Å². The molecule has 1 N–H and O–H groups in total. The minimum absolute atomic E-state index is 0.389. The molecule has 2 unspecified atom stereocenters. The minimum Gasteiger partial charge on any atom is -0.480 e. The Morgan fingerprint density at radius 2 is 2.62 bits per heavy atom. The second kappa shape index (κ2) is 1.72. The number of carboxylic acid groups (broad SMARTS) is 1. The van der Waals surface area contributed by atoms with E-state index in [1.807, 2.05) is 0 Å². The number of rotatable bonds is 2. The highest BCUT2D eigenvalue weighted by Gasteiger charge is 2.41. The van der Waals surface area contributed by atoms with Gasteiger partial charge in [-0.25, -0.2) is 0 Å². The summed E-state index contributed by atoms with van der Waals surface area (Å²) in [6, 6.07) is -0.389. The van der Waals surface area contributed by atoms with Crippen LogP contribution in [-0.4, -0.2) is 35.8 Å². The molecule has 1 aliphatic heterocycles. The van der Waals surface area contributed by atoms with Crippen LogP contribution in [0.3, 0.4) is 0 Å². The minimum atomic E-state index is -0.813. The third-order valence-corrected chi connectivity index (χ3v) is 1.09. The van der Waals surface area contributed by atoms with Crippen molar-refractivity contribution in [2.45, 2.75) is 6.04 Å². The lowest BCUT2D eigenvalue weighted by Crippen LogP contribution is -2.10. The summed E-state index contributed by atoms with van der Waals surface area (Å²) >= 11 is 0. The summed E-state index contributed by atoms with van der Waals surface area (Å²) in [7, 11) is 1.46. The molecule has 1 heterocycles. The molecule has 1 aliphatic rings. The Hall–Kier alpha value is -0.610. The monoisotopic (exact) mass is 117 g/mol. The first-order valence-corrected chi connectivity index (χ1v) is 2.29. The summed E-state index contributed by atoms with van der Waals surface area (Å²) in [5.74, 6) is -0.813. The summed E-state index contributed by atoms with van der Waals surface area (Å²) in [5, 5.41) is 9.62. The highest BCUT2D eigenvalue weighted by Crippen LogP contribution is 2.15. The maximum atomic E-state index is 10.0. The van der Waals surface area contributed by atoms with E-state index in [2.05, 4.69) is 4.84 Å². The van der Waals surface area contributed by atoms with E-state index in [9.17, 15) is 4.79 Å². The van der Waals surface area contributed by atoms with Crippen molar-refractivity contribution in [1.29, 1.82) is 0 Å². The quantitative estimate of drug-likeness (QED) is 0.487. The lowest BCUT2D eigenvalue weighted by Gasteiger charge is -1.91. The predicted octanol–water partition coefficient (Wildman–Crippen LogP) is -0.683. The molecule has 0 bridgehead atoms. The van der Waals surface area contributed by atoms with Gasteiger partial charge in [0.2, 0.25) is 0 Å². The predicted molar refractivity (Wildman–Crippen MR) is 25.1 cm³/mol. The average Bonchev–Trinajstić information content (AvgIpc) is 2.42. The fourth-order valence-electron chi connectivity index (χ4n) is 0.526. The highest BCUT2D eigenvalue weighted by molar-refractivity contribution is 5.76. The number of carboxylic acids is 1. The smallest absolute Gasteiger partial charge is 0.324 e. The molecule has 0 aromatic heterocycles. The van der Waals surface area contributed by atoms with Crippen LogP contribution in [0.5, 0.6) is 0 Å². The first-order valence-electron chi connectivity index (χ1n) is 2.29. The average molecular weight is 117 g/mol. The number of hydrogen-bond donors (Lipinski definition) is 1. The molecule has 2 atom stereocenters. The molecule has 0 saturated carbocycles. The topological polar surface area (TPSA) is 49.5 Å². The first kappa shape index (κ1) is 5.53. The van der Waals surface area contributed by atoms with Gasteiger partial charge in [-0.3, -0.25) is 4.79 Å². The van der Waals surface area contributed by atoms with Crippen molar-refractivity contribution >= 4 is 5.97 Å². The van der Waals surface area contributed by atoms with Crippen molar-refractivity contribution in [1.82, 2.24) is 5.06 Å². The summed E-state index contributed by atoms with van der Waals surface area (Å²) in [6.07, 6.45) is 0. The van der Waals surface area contributed by atoms with Crippen LogP contribution in [0.2, 0.25) is 0 Å². The zero-order valence-corrected chi connectivity index (χ0v) is 4.50. The van der Waals surface area contributed by atoms with E-state index in [-0.39, 0.29) is 6.04 Å². The molecule has 0 amide bonds. The van der Waals surface area contributed by atoms with Gasteiger partial charge in [0, 0.05) is 0 Å². The number of hydroxylamine groups is 2. The second-order valence-electron chi connectivity index (χ2n) is 1.64. The summed E-state index contributed by atoms with van der Waals surface area (Å²) in [5.41, 5.74) is 0. The molecule has 1 saturated heterocycles. The van der Waals surface area contributed by atoms with Gasteiger partial charge in [0.25, 0.3) is 0 Å². The van der Waals surface area contributed by atoms with Gasteiger partial charge in [0.05, 0.1) is 13.7 Å². The molecule has 8 heavy (non-hydrogen) atoms. The van der Waals surface area contributed by atoms with Crippen molar-refractivity contribution < 1.29 is 14.7 Å². The number of hydrogen-bond acceptors (Lipinski definition) is 3. The Morgan fingerprint density at radius 1 is 2.00 bits per heavy atom. The van der Waals surface area contributed by atoms with E-state index < -0.39 is 5.97 Å². The van der Waals surface area contributed by atoms with Crippen LogP contribution in [0.15, 0.2) is 0 Å². The number of carbonyl (C=O) groups is 1. The fourth-order valence-corrected chi connectivity index (χ4v) is 0.526. The SMILES string of the molecule is CON1CC1C(=O)O. The molecule has 0 aromatic rings. The molecule has 0 spiro atoms. The van der Waals surface area contributed by atoms with Crippen molar-refractivity contribution in [3.05, 3.63) is 0 Å². The molecule has 1 fully saturated rings. The first-order chi connectivity index (χ1) is 3.75. The molecule has 0 aliphatic carbocycles. The maximum absolute atomic E-state index is 10.0. The summed E-state index contributed by atoms with van der Waals surface area (Å²) in [4.78, 5) is 14.6. The summed E-state index contributed by atoms with van der Waals surface area (Å²) in [6.45, 7) is 0.520. The molecule has 0 radical (unpaired) electrons. The van der Waals surface area contributed by atoms with Gasteiger partial charge < -0.3 is 9.94 Å². The Balaban J connectivity index is 2.26. The molecule has 1 rings (SSSR count). The maximum Gasteiger partial charge on any atom is 0.324 e. The van der Waals surface area contributed by atoms with E-state index in [0.29, 0.717) is 6.54 Å². The van der Waals surface area contributed by atoms with Crippen LogP contribution in [0, 0.1) is 0 Å². The van der Waals surface area contributed by atoms with Gasteiger partial charge in [-0.05, 0) is 0 Å². The molecular formula is C4H7NO3. The van der Waals surface area contributed by atoms with E-state index in [0.717, 1.165) is 0 Å². The van der Waals surface area contributed by atoms with E-state index in [1.54, 1.807) is 0 Å². The van der Waals surface area contributed by atoms with Crippen molar-refractivity contribution in [3.8, 4) is 0 Å². The van der Waals surface area contributed by atoms with Crippen molar-refractivity contribution in [2.75, 3.05) is 13.7 Å². The molecule has 4 nitrogen and oxygen atoms in total. The largest absolute Gasteiger partial charge is 0.480 e. The van der Waals surface area contributed by atoms with Crippen LogP contribution >= 0.6 is 0 Å². The summed E-state index contributed by atoms with van der Waals surface area (Å²) < 4.78 is 0. The number of nitrogens with zero attached hydrogens (tertiary/aromatic N) is 1. The normalized spacial score (nSPS) is 34.6. The lowest BCUT2D eigenvalue weighted by molar-refractivity contribution is -0.142. The van der Waals surface area contributed by atoms with Gasteiger partial charge in [0.15, 0.2) is 0 Å². The van der Waals surface area contributed by atoms with Gasteiger partial charge in [0.1, 0.15) is 6.04 Å². The van der Waals surface area contributed by atoms with Gasteiger partial charge in [-0.15, -0.1) is 0 Å². The number of aliphatic carboxylic acids is 1. The van der Waals surface area contributed by atoms with Crippen LogP contribution in [0.25, 0.3) is 0 Å². The Bertz CT molecular complexity index is 114. The Kier molecular flexibility index (Phi) is 1.19. The Morgan fingerprint density at radius 3 is 2.75 bits per heavy atom. The lowest BCUT2D eigenvalue weighted by atomic mass is 10.5. The molecule has 0 aromatic carbocycles. The van der Waals surface area contributed by atoms with Gasteiger partial charge in [-0.1, -0.05) is 0 Å². The van der Waals surface area contributed by atoms with Crippen LogP contribution in [0.1, 0.15) is 0 Å². The fraction of sp³-hybridized carbons (Fsp3) is 0.750. The van der Waals surface area contributed by atoms with Gasteiger partial charge in [-0.2, -0.15) is 5.06 Å². The third kappa shape index (κ3) is 0.801. The van der Waals surface area contributed by atoms with E-state index >= 15 is 0 Å². The van der Waals surface area contributed by atoms with Crippen molar-refractivity contribution in [2.24, 2.45) is 0 Å². The molecule has 46 valence electrons. The molecule has 4 heteroatoms. The van der Waals surface area contributed by atoms with Crippen LogP contribution in [-0.2, 0) is 9.63 Å². The van der Waals surface area contributed by atoms with Crippen LogP contribution in [0.4, 0.5) is 0 Å².